The lowest BCUT2D eigenvalue weighted by Crippen LogP contribution is -2.37. The topological polar surface area (TPSA) is 29.5 Å². The van der Waals surface area contributed by atoms with Crippen molar-refractivity contribution < 1.29 is 9.53 Å². The van der Waals surface area contributed by atoms with Gasteiger partial charge in [-0.15, -0.1) is 0 Å². The van der Waals surface area contributed by atoms with Crippen LogP contribution in [-0.2, 0) is 4.74 Å². The number of hydrogen-bond acceptors (Lipinski definition) is 2. The molecule has 1 saturated carbocycles. The van der Waals surface area contributed by atoms with Crippen LogP contribution in [0.3, 0.4) is 0 Å². The van der Waals surface area contributed by atoms with Crippen LogP contribution in [0.5, 0.6) is 0 Å². The zero-order valence-electron chi connectivity index (χ0n) is 9.74. The molecular formula is C12H21NO2. The third kappa shape index (κ3) is 2.27. The van der Waals surface area contributed by atoms with Gasteiger partial charge in [-0.05, 0) is 32.6 Å². The van der Waals surface area contributed by atoms with E-state index in [4.69, 9.17) is 4.74 Å². The van der Waals surface area contributed by atoms with Gasteiger partial charge in [0, 0.05) is 6.54 Å². The van der Waals surface area contributed by atoms with Crippen molar-refractivity contribution in [3.8, 4) is 0 Å². The second kappa shape index (κ2) is 4.42. The first kappa shape index (κ1) is 10.8. The summed E-state index contributed by atoms with van der Waals surface area (Å²) >= 11 is 0. The molecule has 86 valence electrons. The van der Waals surface area contributed by atoms with Gasteiger partial charge in [0.25, 0.3) is 0 Å². The Labute approximate surface area is 91.8 Å². The Kier molecular flexibility index (Phi) is 3.17. The lowest BCUT2D eigenvalue weighted by molar-refractivity contribution is 0.134. The SMILES string of the molecule is C[C@@H]1[C@@H](C)OC(=O)N1CC1CCCCC1. The highest BCUT2D eigenvalue weighted by atomic mass is 16.6. The molecule has 3 nitrogen and oxygen atoms in total. The van der Waals surface area contributed by atoms with Crippen molar-refractivity contribution in [2.75, 3.05) is 6.54 Å². The zero-order chi connectivity index (χ0) is 10.8. The maximum absolute atomic E-state index is 11.6. The van der Waals surface area contributed by atoms with E-state index >= 15 is 0 Å². The fourth-order valence-corrected chi connectivity index (χ4v) is 2.63. The molecule has 1 aliphatic heterocycles. The van der Waals surface area contributed by atoms with E-state index in [0.29, 0.717) is 5.92 Å². The van der Waals surface area contributed by atoms with Gasteiger partial charge in [-0.3, -0.25) is 0 Å². The maximum Gasteiger partial charge on any atom is 0.410 e. The Morgan fingerprint density at radius 3 is 2.47 bits per heavy atom. The normalized spacial score (nSPS) is 33.2. The Balaban J connectivity index is 1.90. The van der Waals surface area contributed by atoms with Gasteiger partial charge in [-0.1, -0.05) is 19.3 Å². The van der Waals surface area contributed by atoms with Crippen molar-refractivity contribution >= 4 is 6.09 Å². The molecule has 1 saturated heterocycles. The molecule has 0 spiro atoms. The Morgan fingerprint density at radius 1 is 1.27 bits per heavy atom. The lowest BCUT2D eigenvalue weighted by Gasteiger charge is -2.28. The van der Waals surface area contributed by atoms with Gasteiger partial charge in [0.05, 0.1) is 6.04 Å². The maximum atomic E-state index is 11.6. The molecule has 2 aliphatic rings. The minimum absolute atomic E-state index is 0.0566. The number of hydrogen-bond donors (Lipinski definition) is 0. The van der Waals surface area contributed by atoms with E-state index < -0.39 is 0 Å². The van der Waals surface area contributed by atoms with Crippen LogP contribution in [0.2, 0.25) is 0 Å². The van der Waals surface area contributed by atoms with Gasteiger partial charge >= 0.3 is 6.09 Å². The number of rotatable bonds is 2. The fourth-order valence-electron chi connectivity index (χ4n) is 2.63. The minimum atomic E-state index is -0.111. The van der Waals surface area contributed by atoms with Gasteiger partial charge < -0.3 is 9.64 Å². The van der Waals surface area contributed by atoms with Crippen LogP contribution in [0.1, 0.15) is 46.0 Å². The van der Waals surface area contributed by atoms with Crippen molar-refractivity contribution in [1.82, 2.24) is 4.90 Å². The molecule has 0 unspecified atom stereocenters. The Bertz CT molecular complexity index is 236. The predicted molar refractivity (Wildman–Crippen MR) is 58.7 cm³/mol. The largest absolute Gasteiger partial charge is 0.444 e. The van der Waals surface area contributed by atoms with E-state index in [1.54, 1.807) is 0 Å². The van der Waals surface area contributed by atoms with Gasteiger partial charge in [0.1, 0.15) is 6.10 Å². The predicted octanol–water partition coefficient (Wildman–Crippen LogP) is 2.80. The van der Waals surface area contributed by atoms with Gasteiger partial charge in [0.15, 0.2) is 0 Å². The average Bonchev–Trinajstić information content (AvgIpc) is 2.47. The van der Waals surface area contributed by atoms with Gasteiger partial charge in [-0.2, -0.15) is 0 Å². The standard InChI is InChI=1S/C12H21NO2/c1-9-10(2)15-12(14)13(9)8-11-6-4-3-5-7-11/h9-11H,3-8H2,1-2H3/t9-,10-/m1/s1. The van der Waals surface area contributed by atoms with Crippen molar-refractivity contribution in [3.05, 3.63) is 0 Å². The molecule has 1 amide bonds. The molecule has 3 heteroatoms. The first-order valence-electron chi connectivity index (χ1n) is 6.15. The second-order valence-corrected chi connectivity index (χ2v) is 4.99. The van der Waals surface area contributed by atoms with E-state index in [9.17, 15) is 4.79 Å². The summed E-state index contributed by atoms with van der Waals surface area (Å²) in [6.07, 6.45) is 6.54. The van der Waals surface area contributed by atoms with E-state index in [1.807, 2.05) is 11.8 Å². The van der Waals surface area contributed by atoms with E-state index in [1.165, 1.54) is 32.1 Å². The lowest BCUT2D eigenvalue weighted by atomic mass is 9.89. The highest BCUT2D eigenvalue weighted by molar-refractivity contribution is 5.70. The summed E-state index contributed by atoms with van der Waals surface area (Å²) in [5, 5.41) is 0. The number of ether oxygens (including phenoxy) is 1. The van der Waals surface area contributed by atoms with Crippen LogP contribution in [0.25, 0.3) is 0 Å². The first-order valence-corrected chi connectivity index (χ1v) is 6.15. The van der Waals surface area contributed by atoms with Crippen molar-refractivity contribution in [2.45, 2.75) is 58.1 Å². The third-order valence-electron chi connectivity index (χ3n) is 3.87. The molecule has 1 aliphatic carbocycles. The van der Waals surface area contributed by atoms with Crippen LogP contribution in [0.15, 0.2) is 0 Å². The number of nitrogens with zero attached hydrogens (tertiary/aromatic N) is 1. The monoisotopic (exact) mass is 211 g/mol. The summed E-state index contributed by atoms with van der Waals surface area (Å²) in [7, 11) is 0. The van der Waals surface area contributed by atoms with E-state index in [-0.39, 0.29) is 18.2 Å². The third-order valence-corrected chi connectivity index (χ3v) is 3.87. The summed E-state index contributed by atoms with van der Waals surface area (Å²) < 4.78 is 5.21. The summed E-state index contributed by atoms with van der Waals surface area (Å²) in [4.78, 5) is 13.5. The number of cyclic esters (lactones) is 1. The molecule has 0 aromatic heterocycles. The molecule has 1 heterocycles. The van der Waals surface area contributed by atoms with Crippen molar-refractivity contribution in [3.63, 3.8) is 0 Å². The smallest absolute Gasteiger partial charge is 0.410 e. The molecule has 2 fully saturated rings. The highest BCUT2D eigenvalue weighted by Gasteiger charge is 2.36. The van der Waals surface area contributed by atoms with Gasteiger partial charge in [0.2, 0.25) is 0 Å². The molecule has 0 N–H and O–H groups in total. The van der Waals surface area contributed by atoms with Crippen LogP contribution in [-0.4, -0.2) is 29.7 Å². The molecular weight excluding hydrogens is 190 g/mol. The fraction of sp³-hybridized carbons (Fsp3) is 0.917. The molecule has 2 rings (SSSR count). The van der Waals surface area contributed by atoms with Crippen molar-refractivity contribution in [1.29, 1.82) is 0 Å². The quantitative estimate of drug-likeness (QED) is 0.703. The first-order chi connectivity index (χ1) is 7.18. The van der Waals surface area contributed by atoms with Crippen LogP contribution >= 0.6 is 0 Å². The number of carbonyl (C=O) groups excluding carboxylic acids is 1. The summed E-state index contributed by atoms with van der Waals surface area (Å²) in [5.74, 6) is 0.707. The Morgan fingerprint density at radius 2 is 1.93 bits per heavy atom. The molecule has 2 atom stereocenters. The average molecular weight is 211 g/mol. The molecule has 0 aromatic rings. The highest BCUT2D eigenvalue weighted by Crippen LogP contribution is 2.27. The van der Waals surface area contributed by atoms with Crippen LogP contribution < -0.4 is 0 Å². The number of amides is 1. The molecule has 0 bridgehead atoms. The second-order valence-electron chi connectivity index (χ2n) is 4.99. The summed E-state index contributed by atoms with van der Waals surface area (Å²) in [5.41, 5.74) is 0. The van der Waals surface area contributed by atoms with Crippen LogP contribution in [0.4, 0.5) is 4.79 Å². The molecule has 0 aromatic carbocycles. The summed E-state index contributed by atoms with van der Waals surface area (Å²) in [6.45, 7) is 4.96. The van der Waals surface area contributed by atoms with Gasteiger partial charge in [-0.25, -0.2) is 4.79 Å². The number of carbonyl (C=O) groups is 1. The van der Waals surface area contributed by atoms with Crippen molar-refractivity contribution in [2.24, 2.45) is 5.92 Å². The molecule has 15 heavy (non-hydrogen) atoms. The Hall–Kier alpha value is -0.730. The minimum Gasteiger partial charge on any atom is -0.444 e. The zero-order valence-corrected chi connectivity index (χ0v) is 9.74. The van der Waals surface area contributed by atoms with E-state index in [2.05, 4.69) is 6.92 Å². The van der Waals surface area contributed by atoms with E-state index in [0.717, 1.165) is 6.54 Å². The molecule has 0 radical (unpaired) electrons. The van der Waals surface area contributed by atoms with Crippen LogP contribution in [0, 0.1) is 5.92 Å². The summed E-state index contributed by atoms with van der Waals surface area (Å²) in [6, 6.07) is 0.249.